The second-order valence-electron chi connectivity index (χ2n) is 5.27. The molecule has 0 bridgehead atoms. The number of ketones is 1. The van der Waals surface area contributed by atoms with Crippen LogP contribution in [0.15, 0.2) is 24.3 Å². The standard InChI is InChI=1S/C18H26O3/c1-3-5-6-7-8-9-17(19)16-12-10-15(11-13-16)14-18(20)21-4-2/h10-13H,3-9,14H2,1-2H3. The van der Waals surface area contributed by atoms with Crippen LogP contribution in [0.5, 0.6) is 0 Å². The first-order valence-electron chi connectivity index (χ1n) is 7.95. The van der Waals surface area contributed by atoms with Gasteiger partial charge in [0.15, 0.2) is 5.78 Å². The predicted molar refractivity (Wildman–Crippen MR) is 84.5 cm³/mol. The van der Waals surface area contributed by atoms with Gasteiger partial charge in [-0.15, -0.1) is 0 Å². The molecular formula is C18H26O3. The zero-order valence-electron chi connectivity index (χ0n) is 13.2. The summed E-state index contributed by atoms with van der Waals surface area (Å²) in [5.74, 6) is -0.0401. The minimum atomic E-state index is -0.229. The molecule has 116 valence electrons. The van der Waals surface area contributed by atoms with E-state index >= 15 is 0 Å². The molecule has 0 aromatic heterocycles. The fourth-order valence-electron chi connectivity index (χ4n) is 2.22. The van der Waals surface area contributed by atoms with Crippen LogP contribution in [-0.2, 0) is 16.0 Å². The maximum Gasteiger partial charge on any atom is 0.310 e. The van der Waals surface area contributed by atoms with Crippen LogP contribution in [0, 0.1) is 0 Å². The second-order valence-corrected chi connectivity index (χ2v) is 5.27. The lowest BCUT2D eigenvalue weighted by molar-refractivity contribution is -0.142. The molecule has 0 unspecified atom stereocenters. The Morgan fingerprint density at radius 2 is 1.62 bits per heavy atom. The Kier molecular flexibility index (Phi) is 8.41. The normalized spacial score (nSPS) is 10.4. The summed E-state index contributed by atoms with van der Waals surface area (Å²) < 4.78 is 4.90. The molecule has 0 amide bonds. The third kappa shape index (κ3) is 7.07. The van der Waals surface area contributed by atoms with Crippen molar-refractivity contribution < 1.29 is 14.3 Å². The highest BCUT2D eigenvalue weighted by Gasteiger charge is 2.07. The summed E-state index contributed by atoms with van der Waals surface area (Å²) in [5.41, 5.74) is 1.62. The van der Waals surface area contributed by atoms with Gasteiger partial charge >= 0.3 is 5.97 Å². The zero-order chi connectivity index (χ0) is 15.5. The van der Waals surface area contributed by atoms with E-state index in [1.807, 2.05) is 24.3 Å². The SMILES string of the molecule is CCCCCCCC(=O)c1ccc(CC(=O)OCC)cc1. The minimum Gasteiger partial charge on any atom is -0.466 e. The average molecular weight is 290 g/mol. The van der Waals surface area contributed by atoms with Gasteiger partial charge in [0.1, 0.15) is 0 Å². The van der Waals surface area contributed by atoms with Gasteiger partial charge in [-0.05, 0) is 18.9 Å². The molecule has 0 radical (unpaired) electrons. The molecule has 0 heterocycles. The maximum absolute atomic E-state index is 12.0. The molecule has 0 aliphatic carbocycles. The fourth-order valence-corrected chi connectivity index (χ4v) is 2.22. The number of ether oxygens (including phenoxy) is 1. The van der Waals surface area contributed by atoms with Gasteiger partial charge < -0.3 is 4.74 Å². The van der Waals surface area contributed by atoms with Gasteiger partial charge in [-0.1, -0.05) is 56.9 Å². The van der Waals surface area contributed by atoms with Gasteiger partial charge in [0.25, 0.3) is 0 Å². The number of benzene rings is 1. The summed E-state index contributed by atoms with van der Waals surface area (Å²) in [4.78, 5) is 23.4. The summed E-state index contributed by atoms with van der Waals surface area (Å²) in [6, 6.07) is 7.29. The maximum atomic E-state index is 12.0. The number of unbranched alkanes of at least 4 members (excludes halogenated alkanes) is 4. The van der Waals surface area contributed by atoms with E-state index in [1.54, 1.807) is 6.92 Å². The van der Waals surface area contributed by atoms with E-state index in [9.17, 15) is 9.59 Å². The molecule has 21 heavy (non-hydrogen) atoms. The molecule has 0 fully saturated rings. The van der Waals surface area contributed by atoms with Gasteiger partial charge in [0.2, 0.25) is 0 Å². The third-order valence-corrected chi connectivity index (χ3v) is 3.44. The number of Topliss-reactive ketones (excluding diaryl/α,β-unsaturated/α-hetero) is 1. The lowest BCUT2D eigenvalue weighted by Gasteiger charge is -2.04. The van der Waals surface area contributed by atoms with E-state index in [4.69, 9.17) is 4.74 Å². The minimum absolute atomic E-state index is 0.189. The largest absolute Gasteiger partial charge is 0.466 e. The van der Waals surface area contributed by atoms with E-state index in [-0.39, 0.29) is 18.2 Å². The van der Waals surface area contributed by atoms with Crippen molar-refractivity contribution in [1.82, 2.24) is 0 Å². The molecular weight excluding hydrogens is 264 g/mol. The van der Waals surface area contributed by atoms with E-state index in [2.05, 4.69) is 6.92 Å². The van der Waals surface area contributed by atoms with Crippen LogP contribution in [-0.4, -0.2) is 18.4 Å². The van der Waals surface area contributed by atoms with Crippen molar-refractivity contribution in [3.05, 3.63) is 35.4 Å². The predicted octanol–water partition coefficient (Wildman–Crippen LogP) is 4.34. The second kappa shape index (κ2) is 10.1. The van der Waals surface area contributed by atoms with Gasteiger partial charge in [-0.2, -0.15) is 0 Å². The van der Waals surface area contributed by atoms with Crippen molar-refractivity contribution in [2.45, 2.75) is 58.8 Å². The highest BCUT2D eigenvalue weighted by Crippen LogP contribution is 2.12. The summed E-state index contributed by atoms with van der Waals surface area (Å²) in [6.07, 6.45) is 6.64. The number of carbonyl (C=O) groups excluding carboxylic acids is 2. The Bertz CT molecular complexity index is 434. The van der Waals surface area contributed by atoms with Crippen molar-refractivity contribution in [1.29, 1.82) is 0 Å². The van der Waals surface area contributed by atoms with Crippen LogP contribution in [0.1, 0.15) is 68.3 Å². The lowest BCUT2D eigenvalue weighted by Crippen LogP contribution is -2.07. The van der Waals surface area contributed by atoms with Crippen LogP contribution >= 0.6 is 0 Å². The number of hydrogen-bond acceptors (Lipinski definition) is 3. The quantitative estimate of drug-likeness (QED) is 0.366. The molecule has 1 aromatic rings. The molecule has 3 heteroatoms. The van der Waals surface area contributed by atoms with Crippen LogP contribution in [0.3, 0.4) is 0 Å². The van der Waals surface area contributed by atoms with Gasteiger partial charge in [-0.3, -0.25) is 9.59 Å². The summed E-state index contributed by atoms with van der Waals surface area (Å²) >= 11 is 0. The molecule has 0 saturated carbocycles. The first-order chi connectivity index (χ1) is 10.2. The fraction of sp³-hybridized carbons (Fsp3) is 0.556. The first kappa shape index (κ1) is 17.4. The van der Waals surface area contributed by atoms with Gasteiger partial charge in [-0.25, -0.2) is 0 Å². The molecule has 0 atom stereocenters. The van der Waals surface area contributed by atoms with Gasteiger partial charge in [0, 0.05) is 12.0 Å². The Hall–Kier alpha value is -1.64. The van der Waals surface area contributed by atoms with E-state index in [0.29, 0.717) is 13.0 Å². The van der Waals surface area contributed by atoms with Gasteiger partial charge in [0.05, 0.1) is 13.0 Å². The van der Waals surface area contributed by atoms with Crippen LogP contribution in [0.2, 0.25) is 0 Å². The van der Waals surface area contributed by atoms with Crippen molar-refractivity contribution >= 4 is 11.8 Å². The molecule has 0 saturated heterocycles. The Morgan fingerprint density at radius 3 is 2.24 bits per heavy atom. The zero-order valence-corrected chi connectivity index (χ0v) is 13.2. The molecule has 0 N–H and O–H groups in total. The van der Waals surface area contributed by atoms with Crippen molar-refractivity contribution in [3.8, 4) is 0 Å². The van der Waals surface area contributed by atoms with E-state index in [0.717, 1.165) is 24.0 Å². The van der Waals surface area contributed by atoms with Crippen LogP contribution < -0.4 is 0 Å². The Labute approximate surface area is 127 Å². The molecule has 0 spiro atoms. The Balaban J connectivity index is 2.38. The number of rotatable bonds is 10. The van der Waals surface area contributed by atoms with Crippen molar-refractivity contribution in [2.24, 2.45) is 0 Å². The monoisotopic (exact) mass is 290 g/mol. The average Bonchev–Trinajstić information content (AvgIpc) is 2.48. The van der Waals surface area contributed by atoms with E-state index < -0.39 is 0 Å². The molecule has 0 aliphatic rings. The van der Waals surface area contributed by atoms with Crippen LogP contribution in [0.25, 0.3) is 0 Å². The number of hydrogen-bond donors (Lipinski definition) is 0. The smallest absolute Gasteiger partial charge is 0.310 e. The first-order valence-corrected chi connectivity index (χ1v) is 7.95. The lowest BCUT2D eigenvalue weighted by atomic mass is 10.0. The highest BCUT2D eigenvalue weighted by atomic mass is 16.5. The topological polar surface area (TPSA) is 43.4 Å². The summed E-state index contributed by atoms with van der Waals surface area (Å²) in [7, 11) is 0. The molecule has 0 aliphatic heterocycles. The van der Waals surface area contributed by atoms with Crippen molar-refractivity contribution in [3.63, 3.8) is 0 Å². The number of esters is 1. The summed E-state index contributed by atoms with van der Waals surface area (Å²) in [6.45, 7) is 4.37. The van der Waals surface area contributed by atoms with Crippen molar-refractivity contribution in [2.75, 3.05) is 6.61 Å². The molecule has 1 rings (SSSR count). The summed E-state index contributed by atoms with van der Waals surface area (Å²) in [5, 5.41) is 0. The van der Waals surface area contributed by atoms with E-state index in [1.165, 1.54) is 19.3 Å². The van der Waals surface area contributed by atoms with Crippen LogP contribution in [0.4, 0.5) is 0 Å². The Morgan fingerprint density at radius 1 is 0.952 bits per heavy atom. The number of carbonyl (C=O) groups is 2. The molecule has 3 nitrogen and oxygen atoms in total. The third-order valence-electron chi connectivity index (χ3n) is 3.44. The highest BCUT2D eigenvalue weighted by molar-refractivity contribution is 5.96. The molecule has 1 aromatic carbocycles.